The molecular weight excluding hydrogens is 208 g/mol. The van der Waals surface area contributed by atoms with Crippen molar-refractivity contribution in [2.75, 3.05) is 0 Å². The van der Waals surface area contributed by atoms with Gasteiger partial charge in [0.15, 0.2) is 0 Å². The third kappa shape index (κ3) is 1.72. The predicted molar refractivity (Wildman–Crippen MR) is 62.4 cm³/mol. The van der Waals surface area contributed by atoms with Gasteiger partial charge in [0.1, 0.15) is 5.82 Å². The average Bonchev–Trinajstić information content (AvgIpc) is 2.60. The Balaban J connectivity index is 2.66. The zero-order valence-corrected chi connectivity index (χ0v) is 9.73. The first-order chi connectivity index (χ1) is 7.09. The molecule has 2 aromatic heterocycles. The molecule has 78 valence electrons. The highest BCUT2D eigenvalue weighted by atomic mass is 32.1. The number of aryl methyl sites for hydroxylation is 2. The third-order valence-corrected chi connectivity index (χ3v) is 3.37. The summed E-state index contributed by atoms with van der Waals surface area (Å²) in [4.78, 5) is 18.8. The molecule has 0 aromatic carbocycles. The lowest BCUT2D eigenvalue weighted by molar-refractivity contribution is 1.03. The van der Waals surface area contributed by atoms with Gasteiger partial charge < -0.3 is 4.98 Å². The molecule has 0 aliphatic heterocycles. The fourth-order valence-electron chi connectivity index (χ4n) is 1.38. The molecule has 2 rings (SSSR count). The number of H-pyrrole nitrogens is 1. The summed E-state index contributed by atoms with van der Waals surface area (Å²) in [7, 11) is 0. The largest absolute Gasteiger partial charge is 0.306 e. The van der Waals surface area contributed by atoms with Crippen LogP contribution in [0.3, 0.4) is 0 Å². The predicted octanol–water partition coefficient (Wildman–Crippen LogP) is 2.42. The fourth-order valence-corrected chi connectivity index (χ4v) is 2.21. The summed E-state index contributed by atoms with van der Waals surface area (Å²) in [5.74, 6) is 0.668. The number of rotatable bonds is 1. The van der Waals surface area contributed by atoms with Crippen molar-refractivity contribution in [3.05, 3.63) is 37.9 Å². The highest BCUT2D eigenvalue weighted by molar-refractivity contribution is 7.08. The Morgan fingerprint density at radius 2 is 2.00 bits per heavy atom. The lowest BCUT2D eigenvalue weighted by Crippen LogP contribution is -2.14. The molecule has 0 saturated carbocycles. The summed E-state index contributed by atoms with van der Waals surface area (Å²) in [6, 6.07) is 0. The molecule has 2 aromatic rings. The molecule has 0 saturated heterocycles. The molecule has 0 aliphatic rings. The van der Waals surface area contributed by atoms with Gasteiger partial charge in [-0.3, -0.25) is 4.79 Å². The third-order valence-electron chi connectivity index (χ3n) is 2.51. The summed E-state index contributed by atoms with van der Waals surface area (Å²) < 4.78 is 0. The van der Waals surface area contributed by atoms with Crippen LogP contribution in [0.2, 0.25) is 0 Å². The number of aromatic amines is 1. The van der Waals surface area contributed by atoms with Gasteiger partial charge in [-0.25, -0.2) is 4.98 Å². The van der Waals surface area contributed by atoms with Crippen molar-refractivity contribution in [1.29, 1.82) is 0 Å². The van der Waals surface area contributed by atoms with Crippen LogP contribution in [0.1, 0.15) is 16.8 Å². The minimum atomic E-state index is -0.0527. The Morgan fingerprint density at radius 3 is 2.53 bits per heavy atom. The normalized spacial score (nSPS) is 10.6. The van der Waals surface area contributed by atoms with E-state index in [1.165, 1.54) is 0 Å². The SMILES string of the molecule is Cc1cscc1-c1nc(C)c(C)c(=O)[nH]1. The van der Waals surface area contributed by atoms with Crippen molar-refractivity contribution in [1.82, 2.24) is 9.97 Å². The van der Waals surface area contributed by atoms with Crippen molar-refractivity contribution in [3.63, 3.8) is 0 Å². The molecule has 0 atom stereocenters. The maximum atomic E-state index is 11.6. The van der Waals surface area contributed by atoms with E-state index in [0.717, 1.165) is 16.8 Å². The Labute approximate surface area is 91.8 Å². The molecule has 0 bridgehead atoms. The first kappa shape index (κ1) is 10.1. The Hall–Kier alpha value is -1.42. The van der Waals surface area contributed by atoms with Gasteiger partial charge in [0.25, 0.3) is 5.56 Å². The number of thiophene rings is 1. The molecule has 0 fully saturated rings. The maximum Gasteiger partial charge on any atom is 0.254 e. The molecular formula is C11H12N2OS. The lowest BCUT2D eigenvalue weighted by Gasteiger charge is -2.03. The van der Waals surface area contributed by atoms with E-state index in [9.17, 15) is 4.79 Å². The van der Waals surface area contributed by atoms with Crippen LogP contribution in [0, 0.1) is 20.8 Å². The standard InChI is InChI=1S/C11H12N2OS/c1-6-4-15-5-9(6)10-12-8(3)7(2)11(14)13-10/h4-5H,1-3H3,(H,12,13,14). The second-order valence-corrected chi connectivity index (χ2v) is 4.34. The molecule has 0 radical (unpaired) electrons. The molecule has 4 heteroatoms. The minimum Gasteiger partial charge on any atom is -0.306 e. The molecule has 0 unspecified atom stereocenters. The van der Waals surface area contributed by atoms with Crippen molar-refractivity contribution < 1.29 is 0 Å². The van der Waals surface area contributed by atoms with E-state index in [1.807, 2.05) is 24.6 Å². The van der Waals surface area contributed by atoms with Crippen LogP contribution in [-0.2, 0) is 0 Å². The molecule has 15 heavy (non-hydrogen) atoms. The Bertz CT molecular complexity index is 554. The van der Waals surface area contributed by atoms with E-state index < -0.39 is 0 Å². The molecule has 2 heterocycles. The second kappa shape index (κ2) is 3.62. The Kier molecular flexibility index (Phi) is 2.44. The number of nitrogens with zero attached hydrogens (tertiary/aromatic N) is 1. The van der Waals surface area contributed by atoms with Crippen LogP contribution in [0.5, 0.6) is 0 Å². The average molecular weight is 220 g/mol. The van der Waals surface area contributed by atoms with Crippen LogP contribution < -0.4 is 5.56 Å². The van der Waals surface area contributed by atoms with E-state index in [1.54, 1.807) is 18.3 Å². The van der Waals surface area contributed by atoms with Gasteiger partial charge >= 0.3 is 0 Å². The molecule has 0 amide bonds. The van der Waals surface area contributed by atoms with Crippen LogP contribution >= 0.6 is 11.3 Å². The lowest BCUT2D eigenvalue weighted by atomic mass is 10.2. The topological polar surface area (TPSA) is 45.8 Å². The quantitative estimate of drug-likeness (QED) is 0.802. The fraction of sp³-hybridized carbons (Fsp3) is 0.273. The van der Waals surface area contributed by atoms with Crippen LogP contribution in [0.4, 0.5) is 0 Å². The van der Waals surface area contributed by atoms with Crippen molar-refractivity contribution in [2.45, 2.75) is 20.8 Å². The van der Waals surface area contributed by atoms with Crippen LogP contribution in [-0.4, -0.2) is 9.97 Å². The van der Waals surface area contributed by atoms with Crippen molar-refractivity contribution in [3.8, 4) is 11.4 Å². The van der Waals surface area contributed by atoms with E-state index in [-0.39, 0.29) is 5.56 Å². The van der Waals surface area contributed by atoms with Gasteiger partial charge in [-0.05, 0) is 31.7 Å². The number of nitrogens with one attached hydrogen (secondary N) is 1. The van der Waals surface area contributed by atoms with Crippen molar-refractivity contribution >= 4 is 11.3 Å². The summed E-state index contributed by atoms with van der Waals surface area (Å²) in [5.41, 5.74) is 3.58. The van der Waals surface area contributed by atoms with Gasteiger partial charge in [-0.15, -0.1) is 0 Å². The number of hydrogen-bond acceptors (Lipinski definition) is 3. The molecule has 1 N–H and O–H groups in total. The molecule has 0 spiro atoms. The molecule has 3 nitrogen and oxygen atoms in total. The number of aromatic nitrogens is 2. The van der Waals surface area contributed by atoms with Gasteiger partial charge in [0.2, 0.25) is 0 Å². The van der Waals surface area contributed by atoms with Gasteiger partial charge in [-0.2, -0.15) is 11.3 Å². The first-order valence-corrected chi connectivity index (χ1v) is 5.64. The van der Waals surface area contributed by atoms with E-state index in [4.69, 9.17) is 0 Å². The Morgan fingerprint density at radius 1 is 1.27 bits per heavy atom. The second-order valence-electron chi connectivity index (χ2n) is 3.59. The molecule has 0 aliphatic carbocycles. The summed E-state index contributed by atoms with van der Waals surface area (Å²) in [5, 5.41) is 4.05. The minimum absolute atomic E-state index is 0.0527. The highest BCUT2D eigenvalue weighted by Gasteiger charge is 2.08. The highest BCUT2D eigenvalue weighted by Crippen LogP contribution is 2.23. The van der Waals surface area contributed by atoms with Crippen LogP contribution in [0.25, 0.3) is 11.4 Å². The smallest absolute Gasteiger partial charge is 0.254 e. The van der Waals surface area contributed by atoms with E-state index >= 15 is 0 Å². The van der Waals surface area contributed by atoms with Gasteiger partial charge in [-0.1, -0.05) is 0 Å². The summed E-state index contributed by atoms with van der Waals surface area (Å²) >= 11 is 1.61. The summed E-state index contributed by atoms with van der Waals surface area (Å²) in [6.45, 7) is 5.65. The summed E-state index contributed by atoms with van der Waals surface area (Å²) in [6.07, 6.45) is 0. The first-order valence-electron chi connectivity index (χ1n) is 4.70. The van der Waals surface area contributed by atoms with E-state index in [2.05, 4.69) is 9.97 Å². The van der Waals surface area contributed by atoms with Gasteiger partial charge in [0, 0.05) is 22.2 Å². The van der Waals surface area contributed by atoms with E-state index in [0.29, 0.717) is 11.4 Å². The zero-order chi connectivity index (χ0) is 11.0. The van der Waals surface area contributed by atoms with Gasteiger partial charge in [0.05, 0.1) is 0 Å². The van der Waals surface area contributed by atoms with Crippen LogP contribution in [0.15, 0.2) is 15.6 Å². The maximum absolute atomic E-state index is 11.6. The zero-order valence-electron chi connectivity index (χ0n) is 8.92. The number of hydrogen-bond donors (Lipinski definition) is 1. The van der Waals surface area contributed by atoms with Crippen molar-refractivity contribution in [2.24, 2.45) is 0 Å². The monoisotopic (exact) mass is 220 g/mol.